The number of nitrogens with one attached hydrogen (secondary N) is 1. The molecule has 0 aromatic heterocycles. The first-order chi connectivity index (χ1) is 11.6. The van der Waals surface area contributed by atoms with E-state index in [1.54, 1.807) is 18.2 Å². The second kappa shape index (κ2) is 7.51. The third kappa shape index (κ3) is 4.56. The minimum atomic E-state index is -3.69. The lowest BCUT2D eigenvalue weighted by Crippen LogP contribution is -2.32. The summed E-state index contributed by atoms with van der Waals surface area (Å²) in [7, 11) is -3.69. The van der Waals surface area contributed by atoms with Crippen LogP contribution in [0.1, 0.15) is 24.0 Å². The topological polar surface area (TPSA) is 83.5 Å². The van der Waals surface area contributed by atoms with Crippen LogP contribution in [0.3, 0.4) is 0 Å². The molecule has 5 nitrogen and oxygen atoms in total. The quantitative estimate of drug-likeness (QED) is 0.829. The first-order valence-corrected chi connectivity index (χ1v) is 9.60. The maximum atomic E-state index is 14.5. The summed E-state index contributed by atoms with van der Waals surface area (Å²) < 4.78 is 38.7. The molecule has 1 amide bonds. The summed E-state index contributed by atoms with van der Waals surface area (Å²) in [5, 5.41) is 9.51. The summed E-state index contributed by atoms with van der Waals surface area (Å²) in [6.45, 7) is 1.21. The molecule has 2 aromatic carbocycles. The molecule has 2 N–H and O–H groups in total. The Hall–Kier alpha value is -1.96. The van der Waals surface area contributed by atoms with Crippen molar-refractivity contribution in [3.8, 4) is 11.1 Å². The van der Waals surface area contributed by atoms with Crippen LogP contribution in [0.2, 0.25) is 5.02 Å². The number of sulfonamides is 1. The van der Waals surface area contributed by atoms with Crippen molar-refractivity contribution in [1.82, 2.24) is 4.72 Å². The number of rotatable bonds is 5. The van der Waals surface area contributed by atoms with Gasteiger partial charge >= 0.3 is 0 Å². The van der Waals surface area contributed by atoms with E-state index in [-0.39, 0.29) is 17.2 Å². The van der Waals surface area contributed by atoms with Crippen molar-refractivity contribution in [3.05, 3.63) is 58.4 Å². The lowest BCUT2D eigenvalue weighted by Gasteiger charge is -2.14. The molecule has 1 unspecified atom stereocenters. The van der Waals surface area contributed by atoms with Crippen LogP contribution in [0, 0.1) is 5.82 Å². The first kappa shape index (κ1) is 19.4. The average molecular weight is 386 g/mol. The maximum absolute atomic E-state index is 14.5. The zero-order chi connectivity index (χ0) is 18.8. The van der Waals surface area contributed by atoms with Crippen LogP contribution < -0.4 is 4.72 Å². The molecular formula is C17H17ClFNO4S. The van der Waals surface area contributed by atoms with Gasteiger partial charge in [-0.3, -0.25) is 9.52 Å². The Morgan fingerprint density at radius 2 is 1.96 bits per heavy atom. The van der Waals surface area contributed by atoms with E-state index < -0.39 is 27.7 Å². The van der Waals surface area contributed by atoms with Crippen LogP contribution in [0.15, 0.2) is 36.4 Å². The molecule has 0 spiro atoms. The van der Waals surface area contributed by atoms with E-state index in [1.807, 2.05) is 4.72 Å². The van der Waals surface area contributed by atoms with Crippen molar-refractivity contribution < 1.29 is 22.7 Å². The monoisotopic (exact) mass is 385 g/mol. The molecule has 0 bridgehead atoms. The fourth-order valence-electron chi connectivity index (χ4n) is 2.35. The van der Waals surface area contributed by atoms with Gasteiger partial charge in [0.2, 0.25) is 15.9 Å². The van der Waals surface area contributed by atoms with Crippen molar-refractivity contribution >= 4 is 27.5 Å². The molecule has 8 heteroatoms. The summed E-state index contributed by atoms with van der Waals surface area (Å²) in [4.78, 5) is 11.9. The standard InChI is InChI=1S/C17H17ClFNO4S/c1-10(17(22)20-25(2,23)24)11-6-7-13(15(19)8-11)14-5-3-4-12(9-21)16(14)18/h3-8,10,21H,9H2,1-2H3,(H,20,22). The van der Waals surface area contributed by atoms with Gasteiger partial charge in [0.1, 0.15) is 5.82 Å². The van der Waals surface area contributed by atoms with Gasteiger partial charge in [0.25, 0.3) is 0 Å². The highest BCUT2D eigenvalue weighted by Gasteiger charge is 2.20. The third-order valence-electron chi connectivity index (χ3n) is 3.71. The predicted molar refractivity (Wildman–Crippen MR) is 94.2 cm³/mol. The molecule has 0 saturated heterocycles. The average Bonchev–Trinajstić information content (AvgIpc) is 2.53. The number of halogens is 2. The van der Waals surface area contributed by atoms with Crippen LogP contribution >= 0.6 is 11.6 Å². The normalized spacial score (nSPS) is 12.7. The Bertz CT molecular complexity index is 915. The zero-order valence-electron chi connectivity index (χ0n) is 13.6. The van der Waals surface area contributed by atoms with Crippen molar-refractivity contribution in [2.75, 3.05) is 6.26 Å². The lowest BCUT2D eigenvalue weighted by molar-refractivity contribution is -0.120. The molecule has 0 aliphatic carbocycles. The molecule has 1 atom stereocenters. The molecule has 134 valence electrons. The van der Waals surface area contributed by atoms with Crippen molar-refractivity contribution in [1.29, 1.82) is 0 Å². The van der Waals surface area contributed by atoms with E-state index in [0.717, 1.165) is 6.26 Å². The van der Waals surface area contributed by atoms with Gasteiger partial charge in [0.05, 0.1) is 23.8 Å². The molecule has 0 heterocycles. The number of carbonyl (C=O) groups is 1. The molecule has 2 aromatic rings. The molecule has 25 heavy (non-hydrogen) atoms. The first-order valence-electron chi connectivity index (χ1n) is 7.33. The molecule has 0 aliphatic heterocycles. The highest BCUT2D eigenvalue weighted by molar-refractivity contribution is 7.89. The van der Waals surface area contributed by atoms with Gasteiger partial charge in [-0.1, -0.05) is 41.9 Å². The van der Waals surface area contributed by atoms with Gasteiger partial charge in [0, 0.05) is 11.1 Å². The van der Waals surface area contributed by atoms with E-state index in [9.17, 15) is 22.7 Å². The molecule has 2 rings (SSSR count). The Morgan fingerprint density at radius 1 is 1.28 bits per heavy atom. The molecule has 0 fully saturated rings. The summed E-state index contributed by atoms with van der Waals surface area (Å²) >= 11 is 6.18. The number of carbonyl (C=O) groups excluding carboxylic acids is 1. The third-order valence-corrected chi connectivity index (χ3v) is 4.73. The van der Waals surface area contributed by atoms with Crippen LogP contribution in [-0.4, -0.2) is 25.7 Å². The van der Waals surface area contributed by atoms with E-state index >= 15 is 0 Å². The summed E-state index contributed by atoms with van der Waals surface area (Å²) in [5.41, 5.74) is 1.45. The lowest BCUT2D eigenvalue weighted by atomic mass is 9.96. The van der Waals surface area contributed by atoms with Crippen LogP contribution in [0.5, 0.6) is 0 Å². The number of amides is 1. The van der Waals surface area contributed by atoms with Crippen molar-refractivity contribution in [2.24, 2.45) is 0 Å². The Morgan fingerprint density at radius 3 is 2.52 bits per heavy atom. The Balaban J connectivity index is 2.37. The van der Waals surface area contributed by atoms with Gasteiger partial charge in [-0.05, 0) is 24.1 Å². The van der Waals surface area contributed by atoms with E-state index in [1.165, 1.54) is 25.1 Å². The Kier molecular flexibility index (Phi) is 5.82. The largest absolute Gasteiger partial charge is 0.392 e. The fraction of sp³-hybridized carbons (Fsp3) is 0.235. The smallest absolute Gasteiger partial charge is 0.240 e. The van der Waals surface area contributed by atoms with Gasteiger partial charge in [0.15, 0.2) is 0 Å². The van der Waals surface area contributed by atoms with Crippen molar-refractivity contribution in [2.45, 2.75) is 19.4 Å². The number of aliphatic hydroxyl groups excluding tert-OH is 1. The van der Waals surface area contributed by atoms with Crippen molar-refractivity contribution in [3.63, 3.8) is 0 Å². The second-order valence-electron chi connectivity index (χ2n) is 5.64. The second-order valence-corrected chi connectivity index (χ2v) is 7.76. The predicted octanol–water partition coefficient (Wildman–Crippen LogP) is 2.82. The summed E-state index contributed by atoms with van der Waals surface area (Å²) in [5.74, 6) is -2.19. The Labute approximate surface area is 150 Å². The zero-order valence-corrected chi connectivity index (χ0v) is 15.2. The highest BCUT2D eigenvalue weighted by Crippen LogP contribution is 2.33. The van der Waals surface area contributed by atoms with Gasteiger partial charge < -0.3 is 5.11 Å². The van der Waals surface area contributed by atoms with E-state index in [4.69, 9.17) is 11.6 Å². The summed E-state index contributed by atoms with van der Waals surface area (Å²) in [6.07, 6.45) is 0.872. The highest BCUT2D eigenvalue weighted by atomic mass is 35.5. The molecule has 0 saturated carbocycles. The van der Waals surface area contributed by atoms with Crippen LogP contribution in [0.4, 0.5) is 4.39 Å². The SMILES string of the molecule is CC(C(=O)NS(C)(=O)=O)c1ccc(-c2cccc(CO)c2Cl)c(F)c1. The van der Waals surface area contributed by atoms with Crippen LogP contribution in [0.25, 0.3) is 11.1 Å². The van der Waals surface area contributed by atoms with E-state index in [0.29, 0.717) is 16.7 Å². The number of benzene rings is 2. The van der Waals surface area contributed by atoms with Gasteiger partial charge in [-0.15, -0.1) is 0 Å². The number of hydrogen-bond donors (Lipinski definition) is 2. The van der Waals surface area contributed by atoms with Gasteiger partial charge in [-0.25, -0.2) is 12.8 Å². The minimum Gasteiger partial charge on any atom is -0.392 e. The summed E-state index contributed by atoms with van der Waals surface area (Å²) in [6, 6.07) is 9.09. The molecule has 0 radical (unpaired) electrons. The molecule has 0 aliphatic rings. The fourth-order valence-corrected chi connectivity index (χ4v) is 3.18. The van der Waals surface area contributed by atoms with Gasteiger partial charge in [-0.2, -0.15) is 0 Å². The molecular weight excluding hydrogens is 369 g/mol. The van der Waals surface area contributed by atoms with Crippen LogP contribution in [-0.2, 0) is 21.4 Å². The number of aliphatic hydroxyl groups is 1. The number of hydrogen-bond acceptors (Lipinski definition) is 4. The maximum Gasteiger partial charge on any atom is 0.240 e. The van der Waals surface area contributed by atoms with E-state index in [2.05, 4.69) is 0 Å². The minimum absolute atomic E-state index is 0.222.